The number of aromatic nitrogens is 2. The van der Waals surface area contributed by atoms with Gasteiger partial charge in [0.15, 0.2) is 0 Å². The van der Waals surface area contributed by atoms with Crippen LogP contribution in [0, 0.1) is 11.3 Å². The summed E-state index contributed by atoms with van der Waals surface area (Å²) < 4.78 is 0. The highest BCUT2D eigenvalue weighted by Crippen LogP contribution is 2.40. The van der Waals surface area contributed by atoms with Crippen molar-refractivity contribution in [3.05, 3.63) is 18.2 Å². The molecule has 1 unspecified atom stereocenters. The maximum atomic E-state index is 12.2. The number of hydrogen-bond donors (Lipinski definition) is 2. The van der Waals surface area contributed by atoms with Crippen LogP contribution < -0.4 is 5.32 Å². The van der Waals surface area contributed by atoms with Crippen molar-refractivity contribution in [3.8, 4) is 0 Å². The second kappa shape index (κ2) is 5.56. The predicted molar refractivity (Wildman–Crippen MR) is 71.4 cm³/mol. The number of rotatable bonds is 5. The number of imidazole rings is 1. The summed E-state index contributed by atoms with van der Waals surface area (Å²) in [4.78, 5) is 41.5. The molecule has 1 aliphatic rings. The molecule has 0 spiro atoms. The minimum atomic E-state index is -0.739. The van der Waals surface area contributed by atoms with E-state index in [1.807, 2.05) is 20.1 Å². The van der Waals surface area contributed by atoms with Crippen LogP contribution in [-0.2, 0) is 20.8 Å². The SMILES string of the molecule is CC1(C)CC(=O)CC1C(=O)N[C@H]([C]=O)Cc1c[nH]cn1. The second-order valence-corrected chi connectivity index (χ2v) is 5.90. The van der Waals surface area contributed by atoms with Gasteiger partial charge in [0.25, 0.3) is 0 Å². The molecule has 107 valence electrons. The van der Waals surface area contributed by atoms with Gasteiger partial charge in [0.2, 0.25) is 12.2 Å². The van der Waals surface area contributed by atoms with Crippen LogP contribution in [0.2, 0.25) is 0 Å². The summed E-state index contributed by atoms with van der Waals surface area (Å²) in [6.45, 7) is 3.80. The molecule has 6 nitrogen and oxygen atoms in total. The zero-order valence-corrected chi connectivity index (χ0v) is 11.6. The van der Waals surface area contributed by atoms with Gasteiger partial charge in [-0.1, -0.05) is 13.8 Å². The molecule has 1 radical (unpaired) electrons. The fraction of sp³-hybridized carbons (Fsp3) is 0.571. The number of H-pyrrole nitrogens is 1. The van der Waals surface area contributed by atoms with E-state index in [2.05, 4.69) is 15.3 Å². The molecular formula is C14H18N3O3. The highest BCUT2D eigenvalue weighted by Gasteiger charge is 2.44. The Morgan fingerprint density at radius 3 is 2.90 bits per heavy atom. The Hall–Kier alpha value is -1.98. The monoisotopic (exact) mass is 276 g/mol. The number of amides is 1. The van der Waals surface area contributed by atoms with Crippen LogP contribution in [0.25, 0.3) is 0 Å². The van der Waals surface area contributed by atoms with Crippen molar-refractivity contribution in [1.82, 2.24) is 15.3 Å². The zero-order chi connectivity index (χ0) is 14.8. The van der Waals surface area contributed by atoms with Crippen molar-refractivity contribution < 1.29 is 14.4 Å². The molecule has 1 heterocycles. The fourth-order valence-corrected chi connectivity index (χ4v) is 2.66. The molecule has 6 heteroatoms. The number of ketones is 1. The van der Waals surface area contributed by atoms with Crippen molar-refractivity contribution >= 4 is 18.0 Å². The van der Waals surface area contributed by atoms with E-state index in [1.54, 1.807) is 6.20 Å². The third kappa shape index (κ3) is 3.12. The molecule has 1 fully saturated rings. The first-order chi connectivity index (χ1) is 9.42. The predicted octanol–water partition coefficient (Wildman–Crippen LogP) is 0.552. The Balaban J connectivity index is 1.99. The first-order valence-corrected chi connectivity index (χ1v) is 6.60. The minimum Gasteiger partial charge on any atom is -0.351 e. The van der Waals surface area contributed by atoms with Gasteiger partial charge in [-0.25, -0.2) is 4.98 Å². The van der Waals surface area contributed by atoms with E-state index >= 15 is 0 Å². The molecule has 1 amide bonds. The van der Waals surface area contributed by atoms with Crippen molar-refractivity contribution in [2.75, 3.05) is 0 Å². The molecule has 0 aliphatic heterocycles. The Kier molecular flexibility index (Phi) is 4.01. The van der Waals surface area contributed by atoms with E-state index in [9.17, 15) is 14.4 Å². The Labute approximate surface area is 117 Å². The third-order valence-corrected chi connectivity index (χ3v) is 3.77. The van der Waals surface area contributed by atoms with Crippen LogP contribution >= 0.6 is 0 Å². The molecule has 1 aromatic rings. The molecule has 0 aromatic carbocycles. The van der Waals surface area contributed by atoms with Crippen molar-refractivity contribution in [2.45, 2.75) is 39.2 Å². The number of nitrogens with one attached hydrogen (secondary N) is 2. The lowest BCUT2D eigenvalue weighted by atomic mass is 9.81. The first kappa shape index (κ1) is 14.4. The van der Waals surface area contributed by atoms with Crippen LogP contribution in [0.3, 0.4) is 0 Å². The maximum Gasteiger partial charge on any atom is 0.224 e. The van der Waals surface area contributed by atoms with Gasteiger partial charge in [0, 0.05) is 25.5 Å². The Morgan fingerprint density at radius 1 is 1.65 bits per heavy atom. The maximum absolute atomic E-state index is 12.2. The molecule has 20 heavy (non-hydrogen) atoms. The number of hydrogen-bond acceptors (Lipinski definition) is 4. The molecule has 1 aliphatic carbocycles. The van der Waals surface area contributed by atoms with Gasteiger partial charge in [0.05, 0.1) is 17.9 Å². The summed E-state index contributed by atoms with van der Waals surface area (Å²) in [5, 5.41) is 2.65. The van der Waals surface area contributed by atoms with Crippen LogP contribution in [0.5, 0.6) is 0 Å². The van der Waals surface area contributed by atoms with E-state index in [0.717, 1.165) is 0 Å². The van der Waals surface area contributed by atoms with Crippen LogP contribution in [0.4, 0.5) is 0 Å². The number of Topliss-reactive ketones (excluding diaryl/α,β-unsaturated/α-hetero) is 1. The van der Waals surface area contributed by atoms with Gasteiger partial charge < -0.3 is 10.3 Å². The summed E-state index contributed by atoms with van der Waals surface area (Å²) in [6.07, 6.45) is 5.93. The number of carbonyl (C=O) groups is 2. The largest absolute Gasteiger partial charge is 0.351 e. The molecule has 2 atom stereocenters. The van der Waals surface area contributed by atoms with Gasteiger partial charge in [-0.15, -0.1) is 0 Å². The van der Waals surface area contributed by atoms with E-state index < -0.39 is 6.04 Å². The van der Waals surface area contributed by atoms with Gasteiger partial charge in [0.1, 0.15) is 11.8 Å². The van der Waals surface area contributed by atoms with E-state index in [4.69, 9.17) is 0 Å². The standard InChI is InChI=1S/C14H18N3O3/c1-14(2)5-11(19)4-12(14)13(20)17-10(7-18)3-9-6-15-8-16-9/h6,8,10,12H,3-5H2,1-2H3,(H,15,16)(H,17,20)/t10-,12?/m0/s1. The summed E-state index contributed by atoms with van der Waals surface area (Å²) in [5.74, 6) is -0.552. The van der Waals surface area contributed by atoms with Crippen LogP contribution in [0.15, 0.2) is 12.5 Å². The summed E-state index contributed by atoms with van der Waals surface area (Å²) in [6, 6.07) is -0.739. The van der Waals surface area contributed by atoms with Crippen LogP contribution in [-0.4, -0.2) is 34.0 Å². The van der Waals surface area contributed by atoms with E-state index in [1.165, 1.54) is 6.33 Å². The quantitative estimate of drug-likeness (QED) is 0.821. The molecule has 0 bridgehead atoms. The van der Waals surface area contributed by atoms with Crippen LogP contribution in [0.1, 0.15) is 32.4 Å². The Bertz CT molecular complexity index is 508. The third-order valence-electron chi connectivity index (χ3n) is 3.77. The molecule has 1 saturated carbocycles. The second-order valence-electron chi connectivity index (χ2n) is 5.90. The average Bonchev–Trinajstić information content (AvgIpc) is 2.95. The van der Waals surface area contributed by atoms with E-state index in [-0.39, 0.29) is 29.4 Å². The molecule has 0 saturated heterocycles. The zero-order valence-electron chi connectivity index (χ0n) is 11.6. The summed E-state index contributed by atoms with van der Waals surface area (Å²) in [5.41, 5.74) is 0.321. The summed E-state index contributed by atoms with van der Waals surface area (Å²) in [7, 11) is 0. The van der Waals surface area contributed by atoms with Gasteiger partial charge in [-0.2, -0.15) is 0 Å². The highest BCUT2D eigenvalue weighted by molar-refractivity contribution is 5.92. The molecule has 1 aromatic heterocycles. The van der Waals surface area contributed by atoms with Gasteiger partial charge in [-0.3, -0.25) is 14.4 Å². The smallest absolute Gasteiger partial charge is 0.224 e. The number of carbonyl (C=O) groups excluding carboxylic acids is 3. The Morgan fingerprint density at radius 2 is 2.40 bits per heavy atom. The molecule has 2 rings (SSSR count). The van der Waals surface area contributed by atoms with E-state index in [0.29, 0.717) is 18.5 Å². The lowest BCUT2D eigenvalue weighted by molar-refractivity contribution is -0.128. The van der Waals surface area contributed by atoms with Gasteiger partial charge >= 0.3 is 0 Å². The highest BCUT2D eigenvalue weighted by atomic mass is 16.2. The van der Waals surface area contributed by atoms with Crippen molar-refractivity contribution in [2.24, 2.45) is 11.3 Å². The topological polar surface area (TPSA) is 91.9 Å². The van der Waals surface area contributed by atoms with Crippen molar-refractivity contribution in [1.29, 1.82) is 0 Å². The lowest BCUT2D eigenvalue weighted by Crippen LogP contribution is -2.43. The van der Waals surface area contributed by atoms with Gasteiger partial charge in [-0.05, 0) is 5.41 Å². The first-order valence-electron chi connectivity index (χ1n) is 6.60. The number of aromatic amines is 1. The molecular weight excluding hydrogens is 258 g/mol. The van der Waals surface area contributed by atoms with Crippen molar-refractivity contribution in [3.63, 3.8) is 0 Å². The molecule has 2 N–H and O–H groups in total. The summed E-state index contributed by atoms with van der Waals surface area (Å²) >= 11 is 0. The average molecular weight is 276 g/mol. The normalized spacial score (nSPS) is 22.5. The number of nitrogens with zero attached hydrogens (tertiary/aromatic N) is 1. The lowest BCUT2D eigenvalue weighted by Gasteiger charge is -2.25. The fourth-order valence-electron chi connectivity index (χ4n) is 2.66. The minimum absolute atomic E-state index is 0.0917.